The SMILES string of the molecule is COc1ccc2[nH]c(CCCCO)nc2n1. The van der Waals surface area contributed by atoms with Crippen molar-refractivity contribution in [2.45, 2.75) is 19.3 Å². The van der Waals surface area contributed by atoms with Gasteiger partial charge in [-0.05, 0) is 18.9 Å². The van der Waals surface area contributed by atoms with E-state index in [0.717, 1.165) is 30.6 Å². The summed E-state index contributed by atoms with van der Waals surface area (Å²) in [4.78, 5) is 11.8. The van der Waals surface area contributed by atoms with Crippen molar-refractivity contribution in [2.24, 2.45) is 0 Å². The van der Waals surface area contributed by atoms with Crippen molar-refractivity contribution in [2.75, 3.05) is 13.7 Å². The van der Waals surface area contributed by atoms with Crippen molar-refractivity contribution >= 4 is 11.2 Å². The van der Waals surface area contributed by atoms with E-state index in [0.29, 0.717) is 11.5 Å². The first kappa shape index (κ1) is 10.9. The lowest BCUT2D eigenvalue weighted by molar-refractivity contribution is 0.284. The highest BCUT2D eigenvalue weighted by Gasteiger charge is 2.04. The standard InChI is InChI=1S/C11H15N3O2/c1-16-10-6-5-8-11(14-10)13-9(12-8)4-2-3-7-15/h5-6,15H,2-4,7H2,1H3,(H,12,13,14). The monoisotopic (exact) mass is 221 g/mol. The number of aliphatic hydroxyl groups excluding tert-OH is 1. The second-order valence-corrected chi connectivity index (χ2v) is 3.59. The highest BCUT2D eigenvalue weighted by molar-refractivity contribution is 5.71. The van der Waals surface area contributed by atoms with Gasteiger partial charge in [-0.25, -0.2) is 4.98 Å². The molecule has 0 aliphatic heterocycles. The molecule has 0 unspecified atom stereocenters. The van der Waals surface area contributed by atoms with Gasteiger partial charge in [-0.1, -0.05) is 0 Å². The van der Waals surface area contributed by atoms with Crippen LogP contribution in [0.1, 0.15) is 18.7 Å². The Labute approximate surface area is 93.5 Å². The quantitative estimate of drug-likeness (QED) is 0.746. The summed E-state index contributed by atoms with van der Waals surface area (Å²) in [6.45, 7) is 0.228. The molecular formula is C11H15N3O2. The fraction of sp³-hybridized carbons (Fsp3) is 0.455. The summed E-state index contributed by atoms with van der Waals surface area (Å²) in [5.41, 5.74) is 1.60. The van der Waals surface area contributed by atoms with Gasteiger partial charge < -0.3 is 14.8 Å². The molecule has 0 saturated carbocycles. The molecule has 0 atom stereocenters. The molecule has 2 N–H and O–H groups in total. The van der Waals surface area contributed by atoms with E-state index in [-0.39, 0.29) is 6.61 Å². The average Bonchev–Trinajstić information content (AvgIpc) is 2.70. The number of unbranched alkanes of at least 4 members (excludes halogenated alkanes) is 1. The molecule has 0 aromatic carbocycles. The first-order chi connectivity index (χ1) is 7.83. The number of imidazole rings is 1. The number of pyridine rings is 1. The predicted molar refractivity (Wildman–Crippen MR) is 60.5 cm³/mol. The number of aromatic nitrogens is 3. The predicted octanol–water partition coefficient (Wildman–Crippen LogP) is 1.28. The first-order valence-electron chi connectivity index (χ1n) is 5.34. The molecule has 86 valence electrons. The number of hydrogen-bond acceptors (Lipinski definition) is 4. The van der Waals surface area contributed by atoms with Crippen LogP contribution in [0.2, 0.25) is 0 Å². The van der Waals surface area contributed by atoms with E-state index in [9.17, 15) is 0 Å². The van der Waals surface area contributed by atoms with Crippen LogP contribution in [-0.4, -0.2) is 33.8 Å². The van der Waals surface area contributed by atoms with Gasteiger partial charge in [0.25, 0.3) is 0 Å². The third kappa shape index (κ3) is 2.30. The number of aryl methyl sites for hydroxylation is 1. The molecule has 2 aromatic heterocycles. The fourth-order valence-corrected chi connectivity index (χ4v) is 1.56. The van der Waals surface area contributed by atoms with Crippen LogP contribution in [-0.2, 0) is 6.42 Å². The Kier molecular flexibility index (Phi) is 3.36. The fourth-order valence-electron chi connectivity index (χ4n) is 1.56. The zero-order valence-electron chi connectivity index (χ0n) is 9.23. The number of nitrogens with one attached hydrogen (secondary N) is 1. The third-order valence-corrected chi connectivity index (χ3v) is 2.40. The van der Waals surface area contributed by atoms with Gasteiger partial charge in [-0.2, -0.15) is 4.98 Å². The lowest BCUT2D eigenvalue weighted by Crippen LogP contribution is -1.90. The Morgan fingerprint density at radius 1 is 1.31 bits per heavy atom. The van der Waals surface area contributed by atoms with Crippen LogP contribution in [0.15, 0.2) is 12.1 Å². The van der Waals surface area contributed by atoms with Gasteiger partial charge in [0, 0.05) is 19.1 Å². The van der Waals surface area contributed by atoms with Gasteiger partial charge in [0.2, 0.25) is 5.88 Å². The summed E-state index contributed by atoms with van der Waals surface area (Å²) in [5.74, 6) is 1.48. The number of fused-ring (bicyclic) bond motifs is 1. The van der Waals surface area contributed by atoms with Gasteiger partial charge in [-0.3, -0.25) is 0 Å². The molecule has 2 aromatic rings. The van der Waals surface area contributed by atoms with Gasteiger partial charge in [0.15, 0.2) is 5.65 Å². The molecule has 5 heteroatoms. The Hall–Kier alpha value is -1.62. The number of rotatable bonds is 5. The van der Waals surface area contributed by atoms with E-state index in [1.165, 1.54) is 0 Å². The molecule has 0 radical (unpaired) electrons. The van der Waals surface area contributed by atoms with Crippen LogP contribution in [0.4, 0.5) is 0 Å². The van der Waals surface area contributed by atoms with E-state index in [4.69, 9.17) is 9.84 Å². The third-order valence-electron chi connectivity index (χ3n) is 2.40. The maximum Gasteiger partial charge on any atom is 0.215 e. The van der Waals surface area contributed by atoms with Crippen molar-refractivity contribution in [3.63, 3.8) is 0 Å². The molecule has 0 spiro atoms. The maximum atomic E-state index is 8.69. The minimum Gasteiger partial charge on any atom is -0.481 e. The van der Waals surface area contributed by atoms with E-state index >= 15 is 0 Å². The Morgan fingerprint density at radius 3 is 2.94 bits per heavy atom. The molecule has 2 rings (SSSR count). The normalized spacial score (nSPS) is 10.9. The van der Waals surface area contributed by atoms with Crippen LogP contribution in [0.3, 0.4) is 0 Å². The number of ether oxygens (including phenoxy) is 1. The lowest BCUT2D eigenvalue weighted by Gasteiger charge is -1.95. The van der Waals surface area contributed by atoms with Crippen molar-refractivity contribution < 1.29 is 9.84 Å². The van der Waals surface area contributed by atoms with E-state index in [1.54, 1.807) is 13.2 Å². The number of aliphatic hydroxyl groups is 1. The Morgan fingerprint density at radius 2 is 2.19 bits per heavy atom. The van der Waals surface area contributed by atoms with Crippen molar-refractivity contribution in [1.29, 1.82) is 0 Å². The number of H-pyrrole nitrogens is 1. The van der Waals surface area contributed by atoms with Crippen LogP contribution >= 0.6 is 0 Å². The molecule has 2 heterocycles. The second kappa shape index (κ2) is 4.94. The number of methoxy groups -OCH3 is 1. The summed E-state index contributed by atoms with van der Waals surface area (Å²) < 4.78 is 5.03. The molecular weight excluding hydrogens is 206 g/mol. The van der Waals surface area contributed by atoms with Crippen molar-refractivity contribution in [3.05, 3.63) is 18.0 Å². The highest BCUT2D eigenvalue weighted by Crippen LogP contribution is 2.14. The maximum absolute atomic E-state index is 8.69. The van der Waals surface area contributed by atoms with Crippen LogP contribution in [0.5, 0.6) is 5.88 Å². The topological polar surface area (TPSA) is 71.0 Å². The molecule has 0 bridgehead atoms. The molecule has 16 heavy (non-hydrogen) atoms. The van der Waals surface area contributed by atoms with Gasteiger partial charge in [-0.15, -0.1) is 0 Å². The molecule has 5 nitrogen and oxygen atoms in total. The molecule has 0 fully saturated rings. The molecule has 0 saturated heterocycles. The van der Waals surface area contributed by atoms with Crippen LogP contribution in [0, 0.1) is 0 Å². The van der Waals surface area contributed by atoms with Gasteiger partial charge >= 0.3 is 0 Å². The zero-order chi connectivity index (χ0) is 11.4. The largest absolute Gasteiger partial charge is 0.481 e. The number of aromatic amines is 1. The first-order valence-corrected chi connectivity index (χ1v) is 5.34. The summed E-state index contributed by atoms with van der Waals surface area (Å²) in [7, 11) is 1.59. The average molecular weight is 221 g/mol. The van der Waals surface area contributed by atoms with Gasteiger partial charge in [0.05, 0.1) is 12.6 Å². The van der Waals surface area contributed by atoms with Crippen molar-refractivity contribution in [1.82, 2.24) is 15.0 Å². The van der Waals surface area contributed by atoms with E-state index < -0.39 is 0 Å². The Balaban J connectivity index is 2.16. The van der Waals surface area contributed by atoms with Gasteiger partial charge in [0.1, 0.15) is 5.82 Å². The molecule has 0 amide bonds. The number of nitrogens with zero attached hydrogens (tertiary/aromatic N) is 2. The summed E-state index contributed by atoms with van der Waals surface area (Å²) in [5, 5.41) is 8.69. The minimum atomic E-state index is 0.228. The number of hydrogen-bond donors (Lipinski definition) is 2. The van der Waals surface area contributed by atoms with E-state index in [1.807, 2.05) is 6.07 Å². The van der Waals surface area contributed by atoms with Crippen molar-refractivity contribution in [3.8, 4) is 5.88 Å². The molecule has 0 aliphatic rings. The van der Waals surface area contributed by atoms with E-state index in [2.05, 4.69) is 15.0 Å². The zero-order valence-corrected chi connectivity index (χ0v) is 9.23. The lowest BCUT2D eigenvalue weighted by atomic mass is 10.2. The van der Waals surface area contributed by atoms with Crippen LogP contribution in [0.25, 0.3) is 11.2 Å². The molecule has 0 aliphatic carbocycles. The Bertz CT molecular complexity index is 467. The van der Waals surface area contributed by atoms with Crippen LogP contribution < -0.4 is 4.74 Å². The summed E-state index contributed by atoms with van der Waals surface area (Å²) in [6.07, 6.45) is 2.56. The summed E-state index contributed by atoms with van der Waals surface area (Å²) in [6, 6.07) is 3.71. The highest BCUT2D eigenvalue weighted by atomic mass is 16.5. The smallest absolute Gasteiger partial charge is 0.215 e. The minimum absolute atomic E-state index is 0.228. The summed E-state index contributed by atoms with van der Waals surface area (Å²) >= 11 is 0. The second-order valence-electron chi connectivity index (χ2n) is 3.59.